The minimum Gasteiger partial charge on any atom is -0.463 e. The van der Waals surface area contributed by atoms with Crippen LogP contribution in [0.15, 0.2) is 0 Å². The van der Waals surface area contributed by atoms with Crippen molar-refractivity contribution in [3.8, 4) is 0 Å². The SMILES string of the molecule is CC(=O)N[C@@H]1[C@H](O[Si](C(C)C)(C(C)C)C(C)C)O[C@H](COC(C)=O)[C@H](OC(C)=O)[C@@H]1C[C@H]1O[C@H](COC(C)=O)[C@@H](OC(C)=O)[C@H](OC(C)=O)[C@@H]1OC(C)=O. The fraction of sp³-hybridized carbons (Fsp3) is 0.806. The van der Waals surface area contributed by atoms with Gasteiger partial charge in [0, 0.05) is 54.4 Å². The van der Waals surface area contributed by atoms with Crippen LogP contribution in [0, 0.1) is 5.92 Å². The van der Waals surface area contributed by atoms with Crippen LogP contribution >= 0.6 is 0 Å². The van der Waals surface area contributed by atoms with Crippen LogP contribution in [0.25, 0.3) is 0 Å². The topological polar surface area (TPSA) is 215 Å². The van der Waals surface area contributed by atoms with Crippen molar-refractivity contribution in [1.29, 1.82) is 0 Å². The Balaban J connectivity index is 2.92. The summed E-state index contributed by atoms with van der Waals surface area (Å²) in [5.41, 5.74) is 0.196. The van der Waals surface area contributed by atoms with Crippen molar-refractivity contribution in [2.45, 2.75) is 168 Å². The van der Waals surface area contributed by atoms with E-state index in [-0.39, 0.29) is 29.7 Å². The van der Waals surface area contributed by atoms with E-state index in [0.717, 1.165) is 27.7 Å². The predicted octanol–water partition coefficient (Wildman–Crippen LogP) is 3.03. The van der Waals surface area contributed by atoms with E-state index >= 15 is 0 Å². The Morgan fingerprint density at radius 3 is 1.31 bits per heavy atom. The van der Waals surface area contributed by atoms with Gasteiger partial charge in [0.25, 0.3) is 0 Å². The second-order valence-corrected chi connectivity index (χ2v) is 20.1. The van der Waals surface area contributed by atoms with E-state index in [9.17, 15) is 33.6 Å². The number of hydrogen-bond donors (Lipinski definition) is 1. The molecule has 0 bridgehead atoms. The van der Waals surface area contributed by atoms with E-state index in [4.69, 9.17) is 42.3 Å². The highest BCUT2D eigenvalue weighted by atomic mass is 28.4. The molecule has 2 heterocycles. The molecule has 0 unspecified atom stereocenters. The van der Waals surface area contributed by atoms with Gasteiger partial charge in [-0.15, -0.1) is 0 Å². The summed E-state index contributed by atoms with van der Waals surface area (Å²) in [6.07, 6.45) is -10.5. The quantitative estimate of drug-likeness (QED) is 0.135. The Bertz CT molecular complexity index is 1330. The zero-order chi connectivity index (χ0) is 41.2. The first-order valence-electron chi connectivity index (χ1n) is 18.2. The van der Waals surface area contributed by atoms with E-state index in [2.05, 4.69) is 46.9 Å². The van der Waals surface area contributed by atoms with Crippen LogP contribution in [0.1, 0.15) is 96.4 Å². The lowest BCUT2D eigenvalue weighted by molar-refractivity contribution is -0.269. The Morgan fingerprint density at radius 1 is 0.537 bits per heavy atom. The van der Waals surface area contributed by atoms with Gasteiger partial charge in [0.1, 0.15) is 31.5 Å². The third kappa shape index (κ3) is 12.5. The van der Waals surface area contributed by atoms with Gasteiger partial charge in [0.15, 0.2) is 24.6 Å². The summed E-state index contributed by atoms with van der Waals surface area (Å²) in [6.45, 7) is 19.8. The van der Waals surface area contributed by atoms with E-state index in [1.165, 1.54) is 20.8 Å². The van der Waals surface area contributed by atoms with Gasteiger partial charge in [0.05, 0.1) is 12.1 Å². The maximum Gasteiger partial charge on any atom is 0.303 e. The lowest BCUT2D eigenvalue weighted by Gasteiger charge is -2.52. The van der Waals surface area contributed by atoms with Crippen LogP contribution in [-0.4, -0.2) is 118 Å². The number of rotatable bonds is 16. The molecule has 2 aliphatic rings. The number of amides is 1. The Kier molecular flexibility index (Phi) is 17.5. The molecule has 17 nitrogen and oxygen atoms in total. The van der Waals surface area contributed by atoms with Gasteiger partial charge in [-0.1, -0.05) is 41.5 Å². The number of carbonyl (C=O) groups excluding carboxylic acids is 7. The number of nitrogens with one attached hydrogen (secondary N) is 1. The van der Waals surface area contributed by atoms with Crippen molar-refractivity contribution in [2.75, 3.05) is 13.2 Å². The molecule has 0 aromatic rings. The number of carbonyl (C=O) groups is 7. The van der Waals surface area contributed by atoms with Gasteiger partial charge < -0.3 is 47.6 Å². The minimum atomic E-state index is -2.79. The molecule has 2 rings (SSSR count). The zero-order valence-electron chi connectivity index (χ0n) is 33.7. The highest BCUT2D eigenvalue weighted by Crippen LogP contribution is 2.46. The lowest BCUT2D eigenvalue weighted by atomic mass is 9.79. The molecule has 1 amide bonds. The first-order chi connectivity index (χ1) is 25.0. The van der Waals surface area contributed by atoms with Gasteiger partial charge in [-0.25, -0.2) is 0 Å². The second-order valence-electron chi connectivity index (χ2n) is 14.7. The number of ether oxygens (including phenoxy) is 8. The Morgan fingerprint density at radius 2 is 0.926 bits per heavy atom. The molecule has 0 spiro atoms. The average Bonchev–Trinajstić information content (AvgIpc) is 3.01. The van der Waals surface area contributed by atoms with Crippen LogP contribution in [0.5, 0.6) is 0 Å². The third-order valence-electron chi connectivity index (χ3n) is 9.59. The highest BCUT2D eigenvalue weighted by Gasteiger charge is 2.58. The maximum atomic E-state index is 13.0. The molecular weight excluding hydrogens is 730 g/mol. The van der Waals surface area contributed by atoms with E-state index in [1.54, 1.807) is 0 Å². The standard InChI is InChI=1S/C36H59NO16Si/c1-17(2)54(18(3)4,19(5)6)53-36-31(37-20(7)38)27(32(47-23(10)41)29(52-36)15-45-21(8)39)14-28-33(48-24(11)42)35(50-26(13)44)34(49-25(12)43)30(51-28)16-46-22(9)40/h17-19,27-36H,14-16H2,1-13H3,(H,37,38)/t27-,28-,29-,30-,31+,32-,33-,34-,35-,36+/m1/s1. The molecule has 2 aliphatic heterocycles. The molecule has 0 radical (unpaired) electrons. The molecule has 54 heavy (non-hydrogen) atoms. The second kappa shape index (κ2) is 20.3. The normalized spacial score (nSPS) is 28.5. The lowest BCUT2D eigenvalue weighted by Crippen LogP contribution is -2.68. The van der Waals surface area contributed by atoms with Crippen LogP contribution < -0.4 is 5.32 Å². The summed E-state index contributed by atoms with van der Waals surface area (Å²) >= 11 is 0. The van der Waals surface area contributed by atoms with Crippen molar-refractivity contribution >= 4 is 50.0 Å². The Labute approximate surface area is 318 Å². The van der Waals surface area contributed by atoms with Crippen molar-refractivity contribution < 1.29 is 75.9 Å². The third-order valence-corrected chi connectivity index (χ3v) is 15.6. The summed E-state index contributed by atoms with van der Waals surface area (Å²) in [5.74, 6) is -5.90. The molecule has 0 aromatic heterocycles. The predicted molar refractivity (Wildman–Crippen MR) is 191 cm³/mol. The fourth-order valence-corrected chi connectivity index (χ4v) is 13.3. The Hall–Kier alpha value is -3.61. The van der Waals surface area contributed by atoms with Crippen molar-refractivity contribution in [1.82, 2.24) is 5.32 Å². The smallest absolute Gasteiger partial charge is 0.303 e. The maximum absolute atomic E-state index is 13.0. The molecule has 18 heteroatoms. The average molecular weight is 790 g/mol. The molecule has 2 saturated heterocycles. The number of esters is 6. The molecule has 0 aromatic carbocycles. The number of hydrogen-bond acceptors (Lipinski definition) is 16. The highest BCUT2D eigenvalue weighted by molar-refractivity contribution is 6.77. The molecule has 0 saturated carbocycles. The summed E-state index contributed by atoms with van der Waals surface area (Å²) < 4.78 is 53.5. The molecule has 10 atom stereocenters. The van der Waals surface area contributed by atoms with Gasteiger partial charge in [-0.3, -0.25) is 33.6 Å². The van der Waals surface area contributed by atoms with E-state index in [1.807, 2.05) is 0 Å². The van der Waals surface area contributed by atoms with Gasteiger partial charge in [-0.05, 0) is 23.0 Å². The van der Waals surface area contributed by atoms with Gasteiger partial charge in [-0.2, -0.15) is 0 Å². The monoisotopic (exact) mass is 789 g/mol. The summed E-state index contributed by atoms with van der Waals surface area (Å²) in [4.78, 5) is 87.1. The molecule has 2 fully saturated rings. The zero-order valence-corrected chi connectivity index (χ0v) is 34.7. The first kappa shape index (κ1) is 46.5. The van der Waals surface area contributed by atoms with Crippen LogP contribution in [0.4, 0.5) is 0 Å². The largest absolute Gasteiger partial charge is 0.463 e. The van der Waals surface area contributed by atoms with Crippen molar-refractivity contribution in [3.05, 3.63) is 0 Å². The molecule has 1 N–H and O–H groups in total. The summed E-state index contributed by atoms with van der Waals surface area (Å²) in [5, 5.41) is 2.93. The van der Waals surface area contributed by atoms with Gasteiger partial charge in [0.2, 0.25) is 14.2 Å². The summed E-state index contributed by atoms with van der Waals surface area (Å²) in [7, 11) is -2.79. The van der Waals surface area contributed by atoms with Gasteiger partial charge >= 0.3 is 35.8 Å². The minimum absolute atomic E-state index is 0.0652. The first-order valence-corrected chi connectivity index (χ1v) is 20.4. The summed E-state index contributed by atoms with van der Waals surface area (Å²) in [6, 6.07) is -1.05. The van der Waals surface area contributed by atoms with Crippen LogP contribution in [0.3, 0.4) is 0 Å². The fourth-order valence-electron chi connectivity index (χ4n) is 7.88. The van der Waals surface area contributed by atoms with Crippen molar-refractivity contribution in [2.24, 2.45) is 5.92 Å². The van der Waals surface area contributed by atoms with E-state index < -0.39 is 118 Å². The van der Waals surface area contributed by atoms with Crippen LogP contribution in [0.2, 0.25) is 16.6 Å². The molecule has 0 aliphatic carbocycles. The van der Waals surface area contributed by atoms with E-state index in [0.29, 0.717) is 0 Å². The van der Waals surface area contributed by atoms with Crippen molar-refractivity contribution in [3.63, 3.8) is 0 Å². The van der Waals surface area contributed by atoms with Crippen LogP contribution in [-0.2, 0) is 75.9 Å². The molecule has 308 valence electrons. The molecular formula is C36H59NO16Si.